The maximum absolute atomic E-state index is 3.90. The van der Waals surface area contributed by atoms with E-state index in [1.807, 2.05) is 47.6 Å². The summed E-state index contributed by atoms with van der Waals surface area (Å²) in [4.78, 5) is 0. The summed E-state index contributed by atoms with van der Waals surface area (Å²) in [6, 6.07) is 15.1. The number of allylic oxidation sites excluding steroid dienone is 3. The van der Waals surface area contributed by atoms with E-state index in [2.05, 4.69) is 94.2 Å². The molecule has 0 unspecified atom stereocenters. The number of fused-ring (bicyclic) bond motifs is 1. The first-order valence-electron chi connectivity index (χ1n) is 11.9. The van der Waals surface area contributed by atoms with Gasteiger partial charge in [0.15, 0.2) is 0 Å². The van der Waals surface area contributed by atoms with Crippen LogP contribution in [0.3, 0.4) is 0 Å². The van der Waals surface area contributed by atoms with Crippen molar-refractivity contribution in [2.45, 2.75) is 81.1 Å². The van der Waals surface area contributed by atoms with Crippen LogP contribution in [0.25, 0.3) is 6.08 Å². The summed E-state index contributed by atoms with van der Waals surface area (Å²) in [5, 5.41) is 3.60. The predicted octanol–water partition coefficient (Wildman–Crippen LogP) is 9.49. The number of anilines is 1. The van der Waals surface area contributed by atoms with Crippen LogP contribution in [-0.2, 0) is 11.8 Å². The van der Waals surface area contributed by atoms with Crippen molar-refractivity contribution in [3.63, 3.8) is 0 Å². The van der Waals surface area contributed by atoms with Crippen LogP contribution < -0.4 is 5.32 Å². The van der Waals surface area contributed by atoms with E-state index in [4.69, 9.17) is 0 Å². The molecule has 0 aliphatic heterocycles. The van der Waals surface area contributed by atoms with Crippen LogP contribution in [0.2, 0.25) is 0 Å². The Morgan fingerprint density at radius 2 is 1.55 bits per heavy atom. The van der Waals surface area contributed by atoms with E-state index in [0.717, 1.165) is 17.8 Å². The number of hydrogen-bond donors (Lipinski definition) is 1. The van der Waals surface area contributed by atoms with Crippen molar-refractivity contribution in [3.05, 3.63) is 94.7 Å². The fraction of sp³-hybridized carbons (Fsp3) is 0.400. The third-order valence-corrected chi connectivity index (χ3v) is 5.39. The van der Waals surface area contributed by atoms with Crippen LogP contribution in [-0.4, -0.2) is 0 Å². The smallest absolute Gasteiger partial charge is 0.0419 e. The summed E-state index contributed by atoms with van der Waals surface area (Å²) < 4.78 is 0. The molecule has 170 valence electrons. The van der Waals surface area contributed by atoms with Gasteiger partial charge >= 0.3 is 0 Å². The molecule has 2 aromatic rings. The molecule has 3 rings (SSSR count). The Hall–Kier alpha value is -2.54. The van der Waals surface area contributed by atoms with Crippen molar-refractivity contribution in [3.8, 4) is 0 Å². The van der Waals surface area contributed by atoms with Gasteiger partial charge in [0.25, 0.3) is 0 Å². The maximum atomic E-state index is 3.90. The van der Waals surface area contributed by atoms with Gasteiger partial charge in [-0.1, -0.05) is 116 Å². The number of nitrogens with one attached hydrogen (secondary N) is 1. The maximum Gasteiger partial charge on any atom is 0.0419 e. The summed E-state index contributed by atoms with van der Waals surface area (Å²) in [5.41, 5.74) is 9.08. The molecule has 0 saturated carbocycles. The molecule has 1 nitrogen and oxygen atoms in total. The average Bonchev–Trinajstić information content (AvgIpc) is 3.08. The highest BCUT2D eigenvalue weighted by atomic mass is 14.9. The molecule has 0 spiro atoms. The lowest BCUT2D eigenvalue weighted by Crippen LogP contribution is -2.16. The molecule has 0 atom stereocenters. The second-order valence-corrected chi connectivity index (χ2v) is 7.22. The molecule has 0 radical (unpaired) electrons. The van der Waals surface area contributed by atoms with Crippen LogP contribution >= 0.6 is 0 Å². The van der Waals surface area contributed by atoms with Gasteiger partial charge in [0, 0.05) is 16.8 Å². The van der Waals surface area contributed by atoms with E-state index < -0.39 is 0 Å². The largest absolute Gasteiger partial charge is 0.356 e. The molecule has 1 aliphatic rings. The molecular weight excluding hydrogens is 374 g/mol. The lowest BCUT2D eigenvalue weighted by Gasteiger charge is -2.23. The van der Waals surface area contributed by atoms with Crippen molar-refractivity contribution in [1.29, 1.82) is 0 Å². The summed E-state index contributed by atoms with van der Waals surface area (Å²) in [6.45, 7) is 24.8. The Kier molecular flexibility index (Phi) is 13.3. The van der Waals surface area contributed by atoms with E-state index >= 15 is 0 Å². The molecule has 31 heavy (non-hydrogen) atoms. The molecule has 1 N–H and O–H groups in total. The minimum Gasteiger partial charge on any atom is -0.356 e. The SMILES string of the molecule is C=Cc1cccc(NC(=C/C)/C=C2\Cc3ccccc3C2(C)C)c1C.CC.CC.CC. The zero-order valence-corrected chi connectivity index (χ0v) is 21.7. The topological polar surface area (TPSA) is 12.0 Å². The lowest BCUT2D eigenvalue weighted by atomic mass is 9.82. The van der Waals surface area contributed by atoms with Crippen LogP contribution in [0.1, 0.15) is 84.6 Å². The van der Waals surface area contributed by atoms with Crippen molar-refractivity contribution >= 4 is 11.8 Å². The number of benzene rings is 2. The zero-order valence-electron chi connectivity index (χ0n) is 21.7. The molecule has 1 aliphatic carbocycles. The van der Waals surface area contributed by atoms with Gasteiger partial charge < -0.3 is 5.32 Å². The summed E-state index contributed by atoms with van der Waals surface area (Å²) in [7, 11) is 0. The summed E-state index contributed by atoms with van der Waals surface area (Å²) in [5.74, 6) is 0. The second kappa shape index (κ2) is 14.5. The average molecular weight is 420 g/mol. The normalized spacial score (nSPS) is 14.6. The molecule has 1 heteroatoms. The highest BCUT2D eigenvalue weighted by Crippen LogP contribution is 2.42. The standard InChI is InChI=1S/C24H27N.3C2H6/c1-6-18-12-10-14-23(17(18)3)25-21(7-2)16-20-15-19-11-8-9-13-22(19)24(20,4)5;3*1-2/h6-14,16,25H,1,15H2,2-5H3;3*1-2H3/b20-16+,21-7+;;;. The molecule has 0 bridgehead atoms. The third kappa shape index (κ3) is 6.99. The molecule has 0 saturated heterocycles. The zero-order chi connectivity index (χ0) is 24.0. The monoisotopic (exact) mass is 419 g/mol. The number of hydrogen-bond acceptors (Lipinski definition) is 1. The molecular formula is C30H45N. The first-order valence-corrected chi connectivity index (χ1v) is 11.9. The predicted molar refractivity (Wildman–Crippen MR) is 144 cm³/mol. The number of rotatable bonds is 4. The fourth-order valence-electron chi connectivity index (χ4n) is 3.66. The van der Waals surface area contributed by atoms with Gasteiger partial charge in [-0.15, -0.1) is 0 Å². The van der Waals surface area contributed by atoms with E-state index in [1.54, 1.807) is 0 Å². The van der Waals surface area contributed by atoms with E-state index in [0.29, 0.717) is 0 Å². The lowest BCUT2D eigenvalue weighted by molar-refractivity contribution is 0.643. The Morgan fingerprint density at radius 1 is 0.935 bits per heavy atom. The highest BCUT2D eigenvalue weighted by Gasteiger charge is 2.34. The third-order valence-electron chi connectivity index (χ3n) is 5.39. The van der Waals surface area contributed by atoms with Crippen molar-refractivity contribution in [1.82, 2.24) is 0 Å². The van der Waals surface area contributed by atoms with Gasteiger partial charge in [-0.2, -0.15) is 0 Å². The minimum atomic E-state index is 0.0740. The van der Waals surface area contributed by atoms with E-state index in [1.165, 1.54) is 27.8 Å². The first-order chi connectivity index (χ1) is 15.0. The minimum absolute atomic E-state index is 0.0740. The van der Waals surface area contributed by atoms with Crippen molar-refractivity contribution < 1.29 is 0 Å². The summed E-state index contributed by atoms with van der Waals surface area (Å²) in [6.07, 6.45) is 7.39. The van der Waals surface area contributed by atoms with Gasteiger partial charge in [0.1, 0.15) is 0 Å². The molecule has 0 heterocycles. The molecule has 0 aromatic heterocycles. The van der Waals surface area contributed by atoms with Crippen molar-refractivity contribution in [2.24, 2.45) is 0 Å². The molecule has 2 aromatic carbocycles. The first kappa shape index (κ1) is 28.5. The van der Waals surface area contributed by atoms with Crippen molar-refractivity contribution in [2.75, 3.05) is 5.32 Å². The summed E-state index contributed by atoms with van der Waals surface area (Å²) >= 11 is 0. The van der Waals surface area contributed by atoms with Crippen LogP contribution in [0.15, 0.2) is 72.5 Å². The van der Waals surface area contributed by atoms with Gasteiger partial charge in [-0.3, -0.25) is 0 Å². The molecule has 0 amide bonds. The van der Waals surface area contributed by atoms with Gasteiger partial charge in [0.05, 0.1) is 0 Å². The van der Waals surface area contributed by atoms with Gasteiger partial charge in [-0.05, 0) is 54.7 Å². The quantitative estimate of drug-likeness (QED) is 0.520. The van der Waals surface area contributed by atoms with E-state index in [9.17, 15) is 0 Å². The van der Waals surface area contributed by atoms with Gasteiger partial charge in [0.2, 0.25) is 0 Å². The second-order valence-electron chi connectivity index (χ2n) is 7.22. The van der Waals surface area contributed by atoms with Crippen LogP contribution in [0, 0.1) is 6.92 Å². The highest BCUT2D eigenvalue weighted by molar-refractivity contribution is 5.66. The molecule has 0 fully saturated rings. The fourth-order valence-corrected chi connectivity index (χ4v) is 3.66. The Labute approximate surface area is 193 Å². The Balaban J connectivity index is 0.00000138. The van der Waals surface area contributed by atoms with Gasteiger partial charge in [-0.25, -0.2) is 0 Å². The van der Waals surface area contributed by atoms with Crippen LogP contribution in [0.5, 0.6) is 0 Å². The van der Waals surface area contributed by atoms with E-state index in [-0.39, 0.29) is 5.41 Å². The Morgan fingerprint density at radius 3 is 2.10 bits per heavy atom. The van der Waals surface area contributed by atoms with Crippen LogP contribution in [0.4, 0.5) is 5.69 Å². The Bertz CT molecular complexity index is 866.